The molecule has 30 heavy (non-hydrogen) atoms. The lowest BCUT2D eigenvalue weighted by atomic mass is 10.2. The highest BCUT2D eigenvalue weighted by molar-refractivity contribution is 5.94. The second-order valence-corrected chi connectivity index (χ2v) is 6.77. The van der Waals surface area contributed by atoms with Crippen LogP contribution >= 0.6 is 0 Å². The zero-order valence-corrected chi connectivity index (χ0v) is 16.5. The summed E-state index contributed by atoms with van der Waals surface area (Å²) in [7, 11) is 1.27. The number of hydrogen-bond donors (Lipinski definition) is 0. The number of anilines is 1. The van der Waals surface area contributed by atoms with Crippen LogP contribution in [-0.4, -0.2) is 75.0 Å². The topological polar surface area (TPSA) is 106 Å². The molecule has 154 valence electrons. The van der Waals surface area contributed by atoms with Crippen molar-refractivity contribution in [2.45, 2.75) is 6.54 Å². The largest absolute Gasteiger partial charge is 0.466 e. The molecule has 3 aromatic rings. The van der Waals surface area contributed by atoms with Crippen LogP contribution in [0, 0.1) is 0 Å². The number of carbonyl (C=O) groups excluding carboxylic acids is 2. The average Bonchev–Trinajstić information content (AvgIpc) is 3.21. The van der Waals surface area contributed by atoms with Gasteiger partial charge in [-0.15, -0.1) is 5.10 Å². The first-order valence-electron chi connectivity index (χ1n) is 9.53. The van der Waals surface area contributed by atoms with Crippen molar-refractivity contribution in [3.63, 3.8) is 0 Å². The number of aromatic nitrogens is 5. The third-order valence-corrected chi connectivity index (χ3v) is 4.91. The first kappa shape index (κ1) is 19.5. The molecule has 10 nitrogen and oxygen atoms in total. The summed E-state index contributed by atoms with van der Waals surface area (Å²) in [5.41, 5.74) is 2.42. The average molecular weight is 407 g/mol. The number of benzene rings is 1. The molecule has 10 heteroatoms. The van der Waals surface area contributed by atoms with E-state index in [4.69, 9.17) is 0 Å². The SMILES string of the molecule is COC(=O)/C=C/C(=O)N1CCN(c2ncnc3c2nnn3Cc2ccccc2)CC1. The number of fused-ring (bicyclic) bond motifs is 1. The van der Waals surface area contributed by atoms with E-state index in [9.17, 15) is 9.59 Å². The van der Waals surface area contributed by atoms with Crippen LogP contribution in [-0.2, 0) is 20.9 Å². The Labute approximate surface area is 172 Å². The highest BCUT2D eigenvalue weighted by Crippen LogP contribution is 2.22. The van der Waals surface area contributed by atoms with Gasteiger partial charge < -0.3 is 14.5 Å². The lowest BCUT2D eigenvalue weighted by Gasteiger charge is -2.34. The molecule has 0 bridgehead atoms. The molecule has 1 saturated heterocycles. The predicted octanol–water partition coefficient (Wildman–Crippen LogP) is 0.647. The van der Waals surface area contributed by atoms with E-state index >= 15 is 0 Å². The molecule has 3 heterocycles. The van der Waals surface area contributed by atoms with Crippen LogP contribution in [0.4, 0.5) is 5.82 Å². The summed E-state index contributed by atoms with van der Waals surface area (Å²) in [5, 5.41) is 8.56. The molecule has 1 aliphatic rings. The van der Waals surface area contributed by atoms with Crippen molar-refractivity contribution in [2.24, 2.45) is 0 Å². The van der Waals surface area contributed by atoms with Gasteiger partial charge in [0.15, 0.2) is 17.0 Å². The molecule has 1 amide bonds. The molecule has 1 aromatic carbocycles. The van der Waals surface area contributed by atoms with Crippen LogP contribution in [0.1, 0.15) is 5.56 Å². The van der Waals surface area contributed by atoms with Gasteiger partial charge in [0.1, 0.15) is 6.33 Å². The fourth-order valence-corrected chi connectivity index (χ4v) is 3.33. The summed E-state index contributed by atoms with van der Waals surface area (Å²) in [6.45, 7) is 2.77. The Morgan fingerprint density at radius 2 is 1.83 bits per heavy atom. The molecule has 0 atom stereocenters. The minimum Gasteiger partial charge on any atom is -0.466 e. The zero-order chi connectivity index (χ0) is 20.9. The number of rotatable bonds is 5. The molecule has 0 unspecified atom stereocenters. The van der Waals surface area contributed by atoms with Crippen LogP contribution in [0.3, 0.4) is 0 Å². The Hall–Kier alpha value is -3.82. The summed E-state index contributed by atoms with van der Waals surface area (Å²) in [6.07, 6.45) is 3.88. The number of piperazine rings is 1. The van der Waals surface area contributed by atoms with Crippen molar-refractivity contribution in [1.82, 2.24) is 29.9 Å². The Bertz CT molecular complexity index is 1070. The van der Waals surface area contributed by atoms with Crippen molar-refractivity contribution < 1.29 is 14.3 Å². The summed E-state index contributed by atoms with van der Waals surface area (Å²) < 4.78 is 6.27. The van der Waals surface area contributed by atoms with Gasteiger partial charge >= 0.3 is 5.97 Å². The highest BCUT2D eigenvalue weighted by atomic mass is 16.5. The van der Waals surface area contributed by atoms with E-state index in [2.05, 4.69) is 29.9 Å². The van der Waals surface area contributed by atoms with Gasteiger partial charge in [0, 0.05) is 38.3 Å². The summed E-state index contributed by atoms with van der Waals surface area (Å²) in [6, 6.07) is 9.99. The predicted molar refractivity (Wildman–Crippen MR) is 109 cm³/mol. The maximum absolute atomic E-state index is 12.2. The molecule has 0 aliphatic carbocycles. The Morgan fingerprint density at radius 3 is 2.57 bits per heavy atom. The Morgan fingerprint density at radius 1 is 1.07 bits per heavy atom. The second-order valence-electron chi connectivity index (χ2n) is 6.77. The number of ether oxygens (including phenoxy) is 1. The van der Waals surface area contributed by atoms with E-state index in [1.807, 2.05) is 30.3 Å². The van der Waals surface area contributed by atoms with Gasteiger partial charge in [-0.3, -0.25) is 4.79 Å². The van der Waals surface area contributed by atoms with E-state index in [0.29, 0.717) is 49.7 Å². The Kier molecular flexibility index (Phi) is 5.64. The molecule has 1 fully saturated rings. The molecule has 0 radical (unpaired) electrons. The first-order valence-corrected chi connectivity index (χ1v) is 9.53. The van der Waals surface area contributed by atoms with Crippen molar-refractivity contribution in [2.75, 3.05) is 38.2 Å². The van der Waals surface area contributed by atoms with Crippen LogP contribution in [0.25, 0.3) is 11.2 Å². The standard InChI is InChI=1S/C20H21N7O3/c1-30-17(29)8-7-16(28)25-9-11-26(12-10-25)19-18-20(22-14-21-19)27(24-23-18)13-15-5-3-2-4-6-15/h2-8,14H,9-13H2,1H3/b8-7+. The van der Waals surface area contributed by atoms with Crippen LogP contribution in [0.2, 0.25) is 0 Å². The zero-order valence-electron chi connectivity index (χ0n) is 16.5. The maximum Gasteiger partial charge on any atom is 0.330 e. The van der Waals surface area contributed by atoms with E-state index in [0.717, 1.165) is 11.6 Å². The van der Waals surface area contributed by atoms with Gasteiger partial charge in [0.25, 0.3) is 0 Å². The van der Waals surface area contributed by atoms with E-state index in [1.54, 1.807) is 9.58 Å². The van der Waals surface area contributed by atoms with E-state index in [-0.39, 0.29) is 5.91 Å². The molecule has 2 aromatic heterocycles. The number of carbonyl (C=O) groups is 2. The lowest BCUT2D eigenvalue weighted by Crippen LogP contribution is -2.48. The minimum absolute atomic E-state index is 0.221. The number of esters is 1. The van der Waals surface area contributed by atoms with E-state index < -0.39 is 5.97 Å². The highest BCUT2D eigenvalue weighted by Gasteiger charge is 2.24. The third-order valence-electron chi connectivity index (χ3n) is 4.91. The quantitative estimate of drug-likeness (QED) is 0.448. The van der Waals surface area contributed by atoms with Gasteiger partial charge in [0.05, 0.1) is 13.7 Å². The van der Waals surface area contributed by atoms with E-state index in [1.165, 1.54) is 19.5 Å². The third kappa shape index (κ3) is 4.12. The summed E-state index contributed by atoms with van der Waals surface area (Å²) in [5.74, 6) is -0.0674. The maximum atomic E-state index is 12.2. The molecular formula is C20H21N7O3. The normalized spacial score (nSPS) is 14.4. The van der Waals surface area contributed by atoms with Gasteiger partial charge in [-0.2, -0.15) is 0 Å². The van der Waals surface area contributed by atoms with Crippen LogP contribution < -0.4 is 4.90 Å². The van der Waals surface area contributed by atoms with Crippen LogP contribution in [0.15, 0.2) is 48.8 Å². The molecular weight excluding hydrogens is 386 g/mol. The van der Waals surface area contributed by atoms with Gasteiger partial charge in [-0.1, -0.05) is 35.5 Å². The molecule has 0 spiro atoms. The lowest BCUT2D eigenvalue weighted by molar-refractivity contribution is -0.135. The molecule has 4 rings (SSSR count). The number of nitrogens with zero attached hydrogens (tertiary/aromatic N) is 7. The number of methoxy groups -OCH3 is 1. The number of amides is 1. The minimum atomic E-state index is -0.552. The summed E-state index contributed by atoms with van der Waals surface area (Å²) >= 11 is 0. The van der Waals surface area contributed by atoms with Crippen molar-refractivity contribution in [3.05, 3.63) is 54.4 Å². The molecule has 0 N–H and O–H groups in total. The van der Waals surface area contributed by atoms with Crippen molar-refractivity contribution in [1.29, 1.82) is 0 Å². The van der Waals surface area contributed by atoms with Gasteiger partial charge in [0.2, 0.25) is 5.91 Å². The Balaban J connectivity index is 1.46. The molecule has 0 saturated carbocycles. The van der Waals surface area contributed by atoms with Gasteiger partial charge in [-0.25, -0.2) is 19.4 Å². The fraction of sp³-hybridized carbons (Fsp3) is 0.300. The van der Waals surface area contributed by atoms with Gasteiger partial charge in [-0.05, 0) is 5.56 Å². The van der Waals surface area contributed by atoms with Crippen molar-refractivity contribution in [3.8, 4) is 0 Å². The van der Waals surface area contributed by atoms with Crippen molar-refractivity contribution >= 4 is 28.9 Å². The first-order chi connectivity index (χ1) is 14.7. The van der Waals surface area contributed by atoms with Crippen LogP contribution in [0.5, 0.6) is 0 Å². The summed E-state index contributed by atoms with van der Waals surface area (Å²) in [4.78, 5) is 35.9. The number of hydrogen-bond acceptors (Lipinski definition) is 8. The monoisotopic (exact) mass is 407 g/mol. The second kappa shape index (κ2) is 8.68. The smallest absolute Gasteiger partial charge is 0.330 e. The molecule has 1 aliphatic heterocycles. The fourth-order valence-electron chi connectivity index (χ4n) is 3.33.